The minimum absolute atomic E-state index is 0.304. The molecular formula is C13H19NO. The van der Waals surface area contributed by atoms with Gasteiger partial charge in [-0.1, -0.05) is 37.3 Å². The first-order valence-corrected chi connectivity index (χ1v) is 5.70. The summed E-state index contributed by atoms with van der Waals surface area (Å²) in [5, 5.41) is 12.7. The number of hydrogen-bond acceptors (Lipinski definition) is 2. The fourth-order valence-corrected chi connectivity index (χ4v) is 2.49. The summed E-state index contributed by atoms with van der Waals surface area (Å²) in [6.45, 7) is 3.49. The fraction of sp³-hybridized carbons (Fsp3) is 0.538. The first-order chi connectivity index (χ1) is 7.31. The number of aliphatic hydroxyl groups excluding tert-OH is 1. The van der Waals surface area contributed by atoms with Crippen molar-refractivity contribution >= 4 is 0 Å². The van der Waals surface area contributed by atoms with Gasteiger partial charge >= 0.3 is 0 Å². The summed E-state index contributed by atoms with van der Waals surface area (Å²) >= 11 is 0. The van der Waals surface area contributed by atoms with Gasteiger partial charge in [0.2, 0.25) is 0 Å². The van der Waals surface area contributed by atoms with Crippen LogP contribution in [-0.2, 0) is 0 Å². The highest BCUT2D eigenvalue weighted by Gasteiger charge is 2.27. The second-order valence-corrected chi connectivity index (χ2v) is 4.56. The van der Waals surface area contributed by atoms with Crippen LogP contribution in [0.5, 0.6) is 0 Å². The molecule has 1 aliphatic rings. The van der Waals surface area contributed by atoms with Gasteiger partial charge in [-0.05, 0) is 23.8 Å². The van der Waals surface area contributed by atoms with Crippen molar-refractivity contribution in [2.24, 2.45) is 11.8 Å². The van der Waals surface area contributed by atoms with Gasteiger partial charge in [-0.15, -0.1) is 0 Å². The van der Waals surface area contributed by atoms with Crippen LogP contribution in [0.25, 0.3) is 0 Å². The Morgan fingerprint density at radius 2 is 2.07 bits per heavy atom. The van der Waals surface area contributed by atoms with Crippen LogP contribution in [0.15, 0.2) is 30.3 Å². The van der Waals surface area contributed by atoms with Crippen LogP contribution < -0.4 is 5.32 Å². The summed E-state index contributed by atoms with van der Waals surface area (Å²) in [5.74, 6) is 1.03. The Morgan fingerprint density at radius 3 is 2.67 bits per heavy atom. The molecule has 1 aliphatic heterocycles. The molecule has 0 bridgehead atoms. The van der Waals surface area contributed by atoms with Gasteiger partial charge in [0.15, 0.2) is 0 Å². The van der Waals surface area contributed by atoms with E-state index in [9.17, 15) is 0 Å². The van der Waals surface area contributed by atoms with E-state index in [4.69, 9.17) is 5.11 Å². The van der Waals surface area contributed by atoms with E-state index < -0.39 is 0 Å². The van der Waals surface area contributed by atoms with Crippen molar-refractivity contribution in [2.45, 2.75) is 19.4 Å². The molecule has 0 radical (unpaired) electrons. The van der Waals surface area contributed by atoms with Crippen LogP contribution in [0, 0.1) is 11.8 Å². The van der Waals surface area contributed by atoms with Gasteiger partial charge in [0.05, 0.1) is 0 Å². The van der Waals surface area contributed by atoms with Gasteiger partial charge in [0, 0.05) is 19.2 Å². The highest BCUT2D eigenvalue weighted by Crippen LogP contribution is 2.30. The maximum atomic E-state index is 9.13. The molecule has 82 valence electrons. The number of hydrogen-bond donors (Lipinski definition) is 2. The SMILES string of the molecule is CC1CC(CO)CNC1c1ccccc1. The maximum absolute atomic E-state index is 9.13. The summed E-state index contributed by atoms with van der Waals surface area (Å²) in [4.78, 5) is 0. The summed E-state index contributed by atoms with van der Waals surface area (Å²) in [5.41, 5.74) is 1.36. The zero-order valence-corrected chi connectivity index (χ0v) is 9.19. The maximum Gasteiger partial charge on any atom is 0.0471 e. The standard InChI is InChI=1S/C13H19NO/c1-10-7-11(9-15)8-14-13(10)12-5-3-2-4-6-12/h2-6,10-11,13-15H,7-9H2,1H3. The predicted molar refractivity (Wildman–Crippen MR) is 61.5 cm³/mol. The Bertz CT molecular complexity index is 299. The number of nitrogens with one attached hydrogen (secondary N) is 1. The molecule has 1 heterocycles. The van der Waals surface area contributed by atoms with Crippen molar-refractivity contribution in [3.63, 3.8) is 0 Å². The molecule has 0 aliphatic carbocycles. The van der Waals surface area contributed by atoms with Crippen molar-refractivity contribution in [3.8, 4) is 0 Å². The minimum Gasteiger partial charge on any atom is -0.396 e. The smallest absolute Gasteiger partial charge is 0.0471 e. The van der Waals surface area contributed by atoms with Crippen LogP contribution in [0.1, 0.15) is 24.9 Å². The lowest BCUT2D eigenvalue weighted by atomic mass is 9.83. The monoisotopic (exact) mass is 205 g/mol. The van der Waals surface area contributed by atoms with E-state index in [2.05, 4.69) is 36.5 Å². The van der Waals surface area contributed by atoms with E-state index in [0.29, 0.717) is 24.5 Å². The van der Waals surface area contributed by atoms with E-state index in [1.807, 2.05) is 6.07 Å². The lowest BCUT2D eigenvalue weighted by Gasteiger charge is -2.34. The summed E-state index contributed by atoms with van der Waals surface area (Å²) < 4.78 is 0. The van der Waals surface area contributed by atoms with Crippen LogP contribution in [0.4, 0.5) is 0 Å². The first-order valence-electron chi connectivity index (χ1n) is 5.70. The van der Waals surface area contributed by atoms with Gasteiger partial charge < -0.3 is 10.4 Å². The minimum atomic E-state index is 0.304. The molecule has 2 N–H and O–H groups in total. The Kier molecular flexibility index (Phi) is 3.39. The third kappa shape index (κ3) is 2.39. The zero-order valence-electron chi connectivity index (χ0n) is 9.19. The molecule has 0 aromatic heterocycles. The van der Waals surface area contributed by atoms with Crippen LogP contribution in [0.2, 0.25) is 0 Å². The van der Waals surface area contributed by atoms with Gasteiger partial charge in [-0.3, -0.25) is 0 Å². The number of piperidine rings is 1. The third-order valence-electron chi connectivity index (χ3n) is 3.32. The molecule has 2 heteroatoms. The van der Waals surface area contributed by atoms with E-state index in [1.165, 1.54) is 5.56 Å². The Morgan fingerprint density at radius 1 is 1.33 bits per heavy atom. The van der Waals surface area contributed by atoms with Crippen molar-refractivity contribution in [3.05, 3.63) is 35.9 Å². The summed E-state index contributed by atoms with van der Waals surface area (Å²) in [6.07, 6.45) is 1.11. The molecule has 1 aromatic carbocycles. The third-order valence-corrected chi connectivity index (χ3v) is 3.32. The largest absolute Gasteiger partial charge is 0.396 e. The first kappa shape index (κ1) is 10.7. The second kappa shape index (κ2) is 4.77. The van der Waals surface area contributed by atoms with Gasteiger partial charge in [-0.2, -0.15) is 0 Å². The lowest BCUT2D eigenvalue weighted by Crippen LogP contribution is -2.39. The predicted octanol–water partition coefficient (Wildman–Crippen LogP) is 1.97. The average molecular weight is 205 g/mol. The lowest BCUT2D eigenvalue weighted by molar-refractivity contribution is 0.151. The van der Waals surface area contributed by atoms with E-state index in [-0.39, 0.29) is 0 Å². The Hall–Kier alpha value is -0.860. The molecular weight excluding hydrogens is 186 g/mol. The average Bonchev–Trinajstić information content (AvgIpc) is 2.30. The molecule has 0 amide bonds. The quantitative estimate of drug-likeness (QED) is 0.773. The molecule has 3 unspecified atom stereocenters. The number of rotatable bonds is 2. The highest BCUT2D eigenvalue weighted by atomic mass is 16.3. The van der Waals surface area contributed by atoms with Gasteiger partial charge in [0.25, 0.3) is 0 Å². The number of benzene rings is 1. The van der Waals surface area contributed by atoms with Crippen LogP contribution in [-0.4, -0.2) is 18.3 Å². The van der Waals surface area contributed by atoms with Crippen molar-refractivity contribution < 1.29 is 5.11 Å². The van der Waals surface area contributed by atoms with E-state index in [1.54, 1.807) is 0 Å². The summed E-state index contributed by atoms with van der Waals surface area (Å²) in [6, 6.07) is 11.0. The van der Waals surface area contributed by atoms with E-state index in [0.717, 1.165) is 13.0 Å². The molecule has 1 saturated heterocycles. The van der Waals surface area contributed by atoms with Crippen LogP contribution >= 0.6 is 0 Å². The molecule has 2 rings (SSSR count). The molecule has 2 nitrogen and oxygen atoms in total. The number of aliphatic hydroxyl groups is 1. The van der Waals surface area contributed by atoms with Gasteiger partial charge in [-0.25, -0.2) is 0 Å². The fourth-order valence-electron chi connectivity index (χ4n) is 2.49. The molecule has 1 aromatic rings. The molecule has 1 fully saturated rings. The highest BCUT2D eigenvalue weighted by molar-refractivity contribution is 5.20. The van der Waals surface area contributed by atoms with Crippen molar-refractivity contribution in [1.82, 2.24) is 5.32 Å². The van der Waals surface area contributed by atoms with Crippen molar-refractivity contribution in [2.75, 3.05) is 13.2 Å². The molecule has 15 heavy (non-hydrogen) atoms. The zero-order chi connectivity index (χ0) is 10.7. The normalized spacial score (nSPS) is 31.5. The Balaban J connectivity index is 2.06. The van der Waals surface area contributed by atoms with Crippen molar-refractivity contribution in [1.29, 1.82) is 0 Å². The topological polar surface area (TPSA) is 32.3 Å². The second-order valence-electron chi connectivity index (χ2n) is 4.56. The Labute approximate surface area is 91.3 Å². The molecule has 0 saturated carbocycles. The van der Waals surface area contributed by atoms with E-state index >= 15 is 0 Å². The van der Waals surface area contributed by atoms with Crippen LogP contribution in [0.3, 0.4) is 0 Å². The molecule has 0 spiro atoms. The van der Waals surface area contributed by atoms with Gasteiger partial charge in [0.1, 0.15) is 0 Å². The molecule has 3 atom stereocenters. The summed E-state index contributed by atoms with van der Waals surface area (Å²) in [7, 11) is 0.